The zero-order valence-corrected chi connectivity index (χ0v) is 13.7. The fraction of sp³-hybridized carbons (Fsp3) is 0.167. The summed E-state index contributed by atoms with van der Waals surface area (Å²) in [4.78, 5) is 0.489. The van der Waals surface area contributed by atoms with E-state index < -0.39 is 15.8 Å². The highest BCUT2D eigenvalue weighted by Gasteiger charge is 2.24. The molecule has 0 radical (unpaired) electrons. The molecule has 4 nitrogen and oxygen atoms in total. The summed E-state index contributed by atoms with van der Waals surface area (Å²) < 4.78 is 40.4. The van der Waals surface area contributed by atoms with E-state index in [0.717, 1.165) is 19.7 Å². The fourth-order valence-corrected chi connectivity index (χ4v) is 4.41. The molecule has 0 aliphatic heterocycles. The predicted octanol–water partition coefficient (Wildman–Crippen LogP) is 3.05. The lowest BCUT2D eigenvalue weighted by molar-refractivity contribution is 0.462. The normalized spacial score (nSPS) is 12.0. The Morgan fingerprint density at radius 1 is 1.40 bits per heavy atom. The zero-order valence-electron chi connectivity index (χ0n) is 10.5. The highest BCUT2D eigenvalue weighted by atomic mass is 79.9. The zero-order chi connectivity index (χ0) is 14.9. The molecule has 0 atom stereocenters. The van der Waals surface area contributed by atoms with Crippen LogP contribution in [-0.2, 0) is 16.6 Å². The Kier molecular flexibility index (Phi) is 4.48. The van der Waals surface area contributed by atoms with Crippen LogP contribution < -0.4 is 5.73 Å². The largest absolute Gasteiger partial charge is 0.399 e. The summed E-state index contributed by atoms with van der Waals surface area (Å²) in [5.41, 5.74) is 5.61. The van der Waals surface area contributed by atoms with Gasteiger partial charge in [0.15, 0.2) is 0 Å². The number of rotatable bonds is 4. The molecule has 2 aromatic rings. The van der Waals surface area contributed by atoms with Crippen molar-refractivity contribution in [3.05, 3.63) is 44.8 Å². The number of anilines is 1. The molecule has 0 bridgehead atoms. The first kappa shape index (κ1) is 15.4. The van der Waals surface area contributed by atoms with Crippen LogP contribution in [0.2, 0.25) is 0 Å². The highest BCUT2D eigenvalue weighted by molar-refractivity contribution is 9.10. The van der Waals surface area contributed by atoms with Crippen LogP contribution in [0.3, 0.4) is 0 Å². The molecule has 108 valence electrons. The first-order chi connectivity index (χ1) is 9.30. The second-order valence-electron chi connectivity index (χ2n) is 4.18. The van der Waals surface area contributed by atoms with Crippen LogP contribution in [0.1, 0.15) is 4.88 Å². The van der Waals surface area contributed by atoms with E-state index in [1.165, 1.54) is 30.5 Å². The molecule has 20 heavy (non-hydrogen) atoms. The third-order valence-electron chi connectivity index (χ3n) is 2.64. The van der Waals surface area contributed by atoms with Gasteiger partial charge in [0.2, 0.25) is 10.0 Å². The van der Waals surface area contributed by atoms with Gasteiger partial charge in [-0.2, -0.15) is 4.31 Å². The molecule has 0 spiro atoms. The van der Waals surface area contributed by atoms with Gasteiger partial charge >= 0.3 is 0 Å². The standard InChI is InChI=1S/C12H12BrFN2O2S2/c1-16(6-10-4-8(13)7-19-10)20(17,18)12-3-2-9(15)5-11(12)14/h2-5,7H,6,15H2,1H3. The number of nitrogens with two attached hydrogens (primary N) is 1. The molecule has 0 aliphatic rings. The third-order valence-corrected chi connectivity index (χ3v) is 6.16. The van der Waals surface area contributed by atoms with Gasteiger partial charge in [-0.3, -0.25) is 0 Å². The maximum Gasteiger partial charge on any atom is 0.246 e. The molecule has 2 rings (SSSR count). The predicted molar refractivity (Wildman–Crippen MR) is 81.5 cm³/mol. The van der Waals surface area contributed by atoms with E-state index in [1.54, 1.807) is 0 Å². The van der Waals surface area contributed by atoms with Crippen molar-refractivity contribution in [2.24, 2.45) is 0 Å². The van der Waals surface area contributed by atoms with Crippen LogP contribution >= 0.6 is 27.3 Å². The van der Waals surface area contributed by atoms with Gasteiger partial charge in [0.25, 0.3) is 0 Å². The van der Waals surface area contributed by atoms with Crippen LogP contribution in [-0.4, -0.2) is 19.8 Å². The molecule has 0 saturated carbocycles. The number of hydrogen-bond acceptors (Lipinski definition) is 4. The summed E-state index contributed by atoms with van der Waals surface area (Å²) >= 11 is 4.73. The summed E-state index contributed by atoms with van der Waals surface area (Å²) in [5, 5.41) is 1.86. The Morgan fingerprint density at radius 2 is 2.10 bits per heavy atom. The quantitative estimate of drug-likeness (QED) is 0.831. The van der Waals surface area contributed by atoms with E-state index in [-0.39, 0.29) is 17.1 Å². The maximum absolute atomic E-state index is 13.8. The van der Waals surface area contributed by atoms with E-state index >= 15 is 0 Å². The van der Waals surface area contributed by atoms with E-state index in [4.69, 9.17) is 5.73 Å². The molecule has 0 fully saturated rings. The minimum Gasteiger partial charge on any atom is -0.399 e. The maximum atomic E-state index is 13.8. The fourth-order valence-electron chi connectivity index (χ4n) is 1.64. The van der Waals surface area contributed by atoms with Crippen molar-refractivity contribution in [1.29, 1.82) is 0 Å². The van der Waals surface area contributed by atoms with Gasteiger partial charge in [-0.1, -0.05) is 0 Å². The second kappa shape index (κ2) is 5.80. The number of nitrogen functional groups attached to an aromatic ring is 1. The number of hydrogen-bond donors (Lipinski definition) is 1. The van der Waals surface area contributed by atoms with Gasteiger partial charge in [-0.15, -0.1) is 11.3 Å². The van der Waals surface area contributed by atoms with Gasteiger partial charge in [-0.05, 0) is 40.2 Å². The molecule has 1 aromatic heterocycles. The van der Waals surface area contributed by atoms with Crippen LogP contribution in [0.4, 0.5) is 10.1 Å². The number of nitrogens with zero attached hydrogens (tertiary/aromatic N) is 1. The van der Waals surface area contributed by atoms with Crippen LogP contribution in [0.15, 0.2) is 39.0 Å². The summed E-state index contributed by atoms with van der Waals surface area (Å²) in [6.45, 7) is 0.183. The van der Waals surface area contributed by atoms with Gasteiger partial charge < -0.3 is 5.73 Å². The molecule has 0 unspecified atom stereocenters. The van der Waals surface area contributed by atoms with Crippen molar-refractivity contribution >= 4 is 43.0 Å². The van der Waals surface area contributed by atoms with Crippen molar-refractivity contribution in [2.75, 3.05) is 12.8 Å². The summed E-state index contributed by atoms with van der Waals surface area (Å²) in [7, 11) is -2.47. The van der Waals surface area contributed by atoms with E-state index in [0.29, 0.717) is 0 Å². The van der Waals surface area contributed by atoms with Crippen molar-refractivity contribution in [3.63, 3.8) is 0 Å². The van der Waals surface area contributed by atoms with E-state index in [2.05, 4.69) is 15.9 Å². The van der Waals surface area contributed by atoms with Crippen molar-refractivity contribution in [2.45, 2.75) is 11.4 Å². The number of thiophene rings is 1. The lowest BCUT2D eigenvalue weighted by Gasteiger charge is -2.17. The SMILES string of the molecule is CN(Cc1cc(Br)cs1)S(=O)(=O)c1ccc(N)cc1F. The van der Waals surface area contributed by atoms with Crippen LogP contribution in [0, 0.1) is 5.82 Å². The first-order valence-corrected chi connectivity index (χ1v) is 8.66. The van der Waals surface area contributed by atoms with Gasteiger partial charge in [0.05, 0.1) is 0 Å². The Labute approximate surface area is 129 Å². The van der Waals surface area contributed by atoms with Gasteiger partial charge in [0, 0.05) is 34.0 Å². The Morgan fingerprint density at radius 3 is 2.65 bits per heavy atom. The average Bonchev–Trinajstić information content (AvgIpc) is 2.74. The molecule has 1 aromatic carbocycles. The molecule has 0 saturated heterocycles. The van der Waals surface area contributed by atoms with Crippen LogP contribution in [0.25, 0.3) is 0 Å². The topological polar surface area (TPSA) is 63.4 Å². The summed E-state index contributed by atoms with van der Waals surface area (Å²) in [6.07, 6.45) is 0. The van der Waals surface area contributed by atoms with Crippen molar-refractivity contribution < 1.29 is 12.8 Å². The monoisotopic (exact) mass is 378 g/mol. The highest BCUT2D eigenvalue weighted by Crippen LogP contribution is 2.25. The van der Waals surface area contributed by atoms with E-state index in [1.807, 2.05) is 11.4 Å². The van der Waals surface area contributed by atoms with Gasteiger partial charge in [0.1, 0.15) is 10.7 Å². The third kappa shape index (κ3) is 3.20. The molecule has 2 N–H and O–H groups in total. The lowest BCUT2D eigenvalue weighted by Crippen LogP contribution is -2.27. The Balaban J connectivity index is 2.29. The molecular weight excluding hydrogens is 367 g/mol. The first-order valence-electron chi connectivity index (χ1n) is 5.55. The minimum atomic E-state index is -3.88. The minimum absolute atomic E-state index is 0.183. The number of benzene rings is 1. The van der Waals surface area contributed by atoms with Crippen LogP contribution in [0.5, 0.6) is 0 Å². The summed E-state index contributed by atoms with van der Waals surface area (Å²) in [5.74, 6) is -0.843. The molecule has 0 amide bonds. The van der Waals surface area contributed by atoms with Crippen molar-refractivity contribution in [3.8, 4) is 0 Å². The molecule has 8 heteroatoms. The molecule has 1 heterocycles. The number of halogens is 2. The lowest BCUT2D eigenvalue weighted by atomic mass is 10.3. The number of sulfonamides is 1. The second-order valence-corrected chi connectivity index (χ2v) is 8.11. The Hall–Kier alpha value is -0.960. The smallest absolute Gasteiger partial charge is 0.246 e. The average molecular weight is 379 g/mol. The molecular formula is C12H12BrFN2O2S2. The van der Waals surface area contributed by atoms with Crippen molar-refractivity contribution in [1.82, 2.24) is 4.31 Å². The Bertz CT molecular complexity index is 731. The van der Waals surface area contributed by atoms with E-state index in [9.17, 15) is 12.8 Å². The van der Waals surface area contributed by atoms with Gasteiger partial charge in [-0.25, -0.2) is 12.8 Å². The molecule has 0 aliphatic carbocycles. The summed E-state index contributed by atoms with van der Waals surface area (Å²) in [6, 6.07) is 5.38.